The Hall–Kier alpha value is -2.71. The fourth-order valence-electron chi connectivity index (χ4n) is 3.62. The number of thioether (sulfide) groups is 1. The minimum Gasteiger partial charge on any atom is -0.372 e. The van der Waals surface area contributed by atoms with Crippen molar-refractivity contribution in [1.82, 2.24) is 24.6 Å². The number of rotatable bonds is 6. The third-order valence-electron chi connectivity index (χ3n) is 4.94. The summed E-state index contributed by atoms with van der Waals surface area (Å²) in [6.45, 7) is 5.89. The number of morpholine rings is 1. The molecule has 1 fully saturated rings. The highest BCUT2D eigenvalue weighted by Gasteiger charge is 2.26. The van der Waals surface area contributed by atoms with Crippen LogP contribution in [0.25, 0.3) is 11.4 Å². The highest BCUT2D eigenvalue weighted by molar-refractivity contribution is 7.99. The molecule has 2 atom stereocenters. The molecule has 4 rings (SSSR count). The zero-order valence-electron chi connectivity index (χ0n) is 17.1. The molecule has 1 amide bonds. The molecule has 2 aromatic heterocycles. The van der Waals surface area contributed by atoms with Gasteiger partial charge in [-0.05, 0) is 31.5 Å². The van der Waals surface area contributed by atoms with Gasteiger partial charge in [-0.3, -0.25) is 14.3 Å². The van der Waals surface area contributed by atoms with Crippen molar-refractivity contribution in [3.63, 3.8) is 0 Å². The summed E-state index contributed by atoms with van der Waals surface area (Å²) in [6.07, 6.45) is 3.60. The molecule has 7 nitrogen and oxygen atoms in total. The van der Waals surface area contributed by atoms with Crippen LogP contribution in [0.2, 0.25) is 0 Å². The smallest absolute Gasteiger partial charge is 0.233 e. The molecule has 0 spiro atoms. The topological polar surface area (TPSA) is 73.1 Å². The normalized spacial score (nSPS) is 19.1. The minimum atomic E-state index is 0.0581. The predicted octanol–water partition coefficient (Wildman–Crippen LogP) is 3.12. The summed E-state index contributed by atoms with van der Waals surface area (Å²) in [5, 5.41) is 9.54. The van der Waals surface area contributed by atoms with Gasteiger partial charge in [0.2, 0.25) is 5.91 Å². The number of amides is 1. The minimum absolute atomic E-state index is 0.0581. The Morgan fingerprint density at radius 1 is 1.07 bits per heavy atom. The SMILES string of the molecule is C[C@@H]1CN(C(=O)CSc2nnc(-c3ccncc3)n2Cc2ccccc2)C[C@H](C)O1. The summed E-state index contributed by atoms with van der Waals surface area (Å²) in [5.74, 6) is 1.19. The largest absolute Gasteiger partial charge is 0.372 e. The molecule has 0 N–H and O–H groups in total. The molecule has 1 aliphatic heterocycles. The van der Waals surface area contributed by atoms with Crippen LogP contribution in [-0.2, 0) is 16.1 Å². The molecule has 0 bridgehead atoms. The maximum absolute atomic E-state index is 12.8. The maximum Gasteiger partial charge on any atom is 0.233 e. The standard InChI is InChI=1S/C22H25N5O2S/c1-16-12-26(13-17(2)29-16)20(28)15-30-22-25-24-21(19-8-10-23-11-9-19)27(22)14-18-6-4-3-5-7-18/h3-11,16-17H,12-15H2,1-2H3/t16-,17+. The number of ether oxygens (including phenoxy) is 1. The Bertz CT molecular complexity index is 970. The second kappa shape index (κ2) is 9.40. The summed E-state index contributed by atoms with van der Waals surface area (Å²) in [7, 11) is 0. The summed E-state index contributed by atoms with van der Waals surface area (Å²) in [4.78, 5) is 18.8. The molecule has 0 radical (unpaired) electrons. The van der Waals surface area contributed by atoms with Gasteiger partial charge in [0.25, 0.3) is 0 Å². The summed E-state index contributed by atoms with van der Waals surface area (Å²) >= 11 is 1.43. The number of hydrogen-bond acceptors (Lipinski definition) is 6. The first-order valence-electron chi connectivity index (χ1n) is 10.0. The fourth-order valence-corrected chi connectivity index (χ4v) is 4.46. The third-order valence-corrected chi connectivity index (χ3v) is 5.89. The highest BCUT2D eigenvalue weighted by Crippen LogP contribution is 2.25. The van der Waals surface area contributed by atoms with Crippen LogP contribution in [0.5, 0.6) is 0 Å². The van der Waals surface area contributed by atoms with E-state index in [1.54, 1.807) is 12.4 Å². The molecule has 1 aromatic carbocycles. The van der Waals surface area contributed by atoms with Gasteiger partial charge in [-0.1, -0.05) is 42.1 Å². The van der Waals surface area contributed by atoms with Crippen molar-refractivity contribution in [3.8, 4) is 11.4 Å². The van der Waals surface area contributed by atoms with Gasteiger partial charge in [0.05, 0.1) is 24.5 Å². The van der Waals surface area contributed by atoms with Crippen molar-refractivity contribution in [2.75, 3.05) is 18.8 Å². The Morgan fingerprint density at radius 3 is 2.47 bits per heavy atom. The molecule has 3 heterocycles. The van der Waals surface area contributed by atoms with Gasteiger partial charge >= 0.3 is 0 Å². The Morgan fingerprint density at radius 2 is 1.77 bits per heavy atom. The summed E-state index contributed by atoms with van der Waals surface area (Å²) < 4.78 is 7.80. The molecule has 3 aromatic rings. The van der Waals surface area contributed by atoms with Crippen LogP contribution in [-0.4, -0.2) is 61.6 Å². The van der Waals surface area contributed by atoms with Crippen molar-refractivity contribution in [1.29, 1.82) is 0 Å². The lowest BCUT2D eigenvalue weighted by molar-refractivity contribution is -0.140. The van der Waals surface area contributed by atoms with E-state index in [1.165, 1.54) is 11.8 Å². The van der Waals surface area contributed by atoms with E-state index in [-0.39, 0.29) is 18.1 Å². The average Bonchev–Trinajstić information content (AvgIpc) is 3.15. The molecule has 0 saturated carbocycles. The number of nitrogens with zero attached hydrogens (tertiary/aromatic N) is 5. The van der Waals surface area contributed by atoms with Crippen molar-refractivity contribution in [2.45, 2.75) is 37.8 Å². The maximum atomic E-state index is 12.8. The van der Waals surface area contributed by atoms with Gasteiger partial charge in [0, 0.05) is 31.0 Å². The van der Waals surface area contributed by atoms with E-state index in [2.05, 4.69) is 31.9 Å². The van der Waals surface area contributed by atoms with Crippen LogP contribution < -0.4 is 0 Å². The van der Waals surface area contributed by atoms with Crippen LogP contribution in [0.4, 0.5) is 0 Å². The van der Waals surface area contributed by atoms with E-state index in [9.17, 15) is 4.79 Å². The molecule has 30 heavy (non-hydrogen) atoms. The first-order valence-corrected chi connectivity index (χ1v) is 11.0. The van der Waals surface area contributed by atoms with E-state index in [0.717, 1.165) is 22.1 Å². The number of aromatic nitrogens is 4. The third kappa shape index (κ3) is 4.88. The Kier molecular flexibility index (Phi) is 6.44. The monoisotopic (exact) mass is 423 g/mol. The van der Waals surface area contributed by atoms with Crippen LogP contribution >= 0.6 is 11.8 Å². The molecule has 1 saturated heterocycles. The van der Waals surface area contributed by atoms with Gasteiger partial charge < -0.3 is 9.64 Å². The Labute approximate surface area is 180 Å². The van der Waals surface area contributed by atoms with E-state index in [1.807, 2.05) is 49.1 Å². The van der Waals surface area contributed by atoms with Crippen LogP contribution in [0.15, 0.2) is 60.0 Å². The van der Waals surface area contributed by atoms with Gasteiger partial charge in [-0.15, -0.1) is 10.2 Å². The molecule has 0 aliphatic carbocycles. The lowest BCUT2D eigenvalue weighted by Crippen LogP contribution is -2.48. The van der Waals surface area contributed by atoms with E-state index >= 15 is 0 Å². The number of hydrogen-bond donors (Lipinski definition) is 0. The first-order chi connectivity index (χ1) is 14.6. The molecule has 8 heteroatoms. The van der Waals surface area contributed by atoms with Crippen molar-refractivity contribution >= 4 is 17.7 Å². The van der Waals surface area contributed by atoms with Crippen molar-refractivity contribution in [2.24, 2.45) is 0 Å². The van der Waals surface area contributed by atoms with Gasteiger partial charge in [-0.2, -0.15) is 0 Å². The van der Waals surface area contributed by atoms with Crippen LogP contribution in [0, 0.1) is 0 Å². The molecular formula is C22H25N5O2S. The number of pyridine rings is 1. The van der Waals surface area contributed by atoms with E-state index < -0.39 is 0 Å². The van der Waals surface area contributed by atoms with Gasteiger partial charge in [0.1, 0.15) is 0 Å². The van der Waals surface area contributed by atoms with E-state index in [0.29, 0.717) is 25.4 Å². The zero-order valence-corrected chi connectivity index (χ0v) is 18.0. The fraction of sp³-hybridized carbons (Fsp3) is 0.364. The van der Waals surface area contributed by atoms with E-state index in [4.69, 9.17) is 4.74 Å². The molecule has 156 valence electrons. The number of carbonyl (C=O) groups is 1. The lowest BCUT2D eigenvalue weighted by Gasteiger charge is -2.35. The van der Waals surface area contributed by atoms with Crippen molar-refractivity contribution in [3.05, 3.63) is 60.4 Å². The lowest BCUT2D eigenvalue weighted by atomic mass is 10.2. The second-order valence-corrected chi connectivity index (χ2v) is 8.40. The van der Waals surface area contributed by atoms with Crippen molar-refractivity contribution < 1.29 is 9.53 Å². The van der Waals surface area contributed by atoms with Crippen LogP contribution in [0.3, 0.4) is 0 Å². The number of benzene rings is 1. The molecule has 0 unspecified atom stereocenters. The average molecular weight is 424 g/mol. The zero-order chi connectivity index (χ0) is 20.9. The number of carbonyl (C=O) groups excluding carboxylic acids is 1. The van der Waals surface area contributed by atoms with Gasteiger partial charge in [0.15, 0.2) is 11.0 Å². The molecular weight excluding hydrogens is 398 g/mol. The second-order valence-electron chi connectivity index (χ2n) is 7.46. The predicted molar refractivity (Wildman–Crippen MR) is 116 cm³/mol. The van der Waals surface area contributed by atoms with Crippen LogP contribution in [0.1, 0.15) is 19.4 Å². The first kappa shape index (κ1) is 20.6. The van der Waals surface area contributed by atoms with Gasteiger partial charge in [-0.25, -0.2) is 0 Å². The Balaban J connectivity index is 1.54. The molecule has 1 aliphatic rings. The quantitative estimate of drug-likeness (QED) is 0.567. The summed E-state index contributed by atoms with van der Waals surface area (Å²) in [6, 6.07) is 14.0. The highest BCUT2D eigenvalue weighted by atomic mass is 32.2. The summed E-state index contributed by atoms with van der Waals surface area (Å²) in [5.41, 5.74) is 2.10.